The van der Waals surface area contributed by atoms with Crippen LogP contribution in [0.15, 0.2) is 23.6 Å². The van der Waals surface area contributed by atoms with Gasteiger partial charge in [0.05, 0.1) is 12.8 Å². The number of methoxy groups -OCH3 is 1. The predicted molar refractivity (Wildman–Crippen MR) is 77.5 cm³/mol. The number of hydrogen-bond acceptors (Lipinski definition) is 4. The molecule has 2 N–H and O–H groups in total. The smallest absolute Gasteiger partial charge is 0.350 e. The number of rotatable bonds is 2. The summed E-state index contributed by atoms with van der Waals surface area (Å²) in [5.74, 6) is -0.366. The summed E-state index contributed by atoms with van der Waals surface area (Å²) in [5, 5.41) is 1.93. The Bertz CT molecular complexity index is 646. The third kappa shape index (κ3) is 2.02. The number of thiophene rings is 1. The molecule has 1 aromatic carbocycles. The van der Waals surface area contributed by atoms with Crippen LogP contribution in [-0.2, 0) is 17.6 Å². The van der Waals surface area contributed by atoms with Gasteiger partial charge in [-0.25, -0.2) is 4.79 Å². The topological polar surface area (TPSA) is 52.3 Å². The van der Waals surface area contributed by atoms with Crippen LogP contribution >= 0.6 is 11.3 Å². The van der Waals surface area contributed by atoms with Crippen LogP contribution in [0.4, 0.5) is 5.69 Å². The second kappa shape index (κ2) is 4.70. The Hall–Kier alpha value is -1.81. The summed E-state index contributed by atoms with van der Waals surface area (Å²) in [6, 6.07) is 6.46. The van der Waals surface area contributed by atoms with Crippen molar-refractivity contribution in [1.82, 2.24) is 0 Å². The zero-order valence-electron chi connectivity index (χ0n) is 10.7. The lowest BCUT2D eigenvalue weighted by molar-refractivity contribution is 0.0607. The predicted octanol–water partition coefficient (Wildman–Crippen LogP) is 3.27. The summed E-state index contributed by atoms with van der Waals surface area (Å²) in [4.78, 5) is 12.1. The zero-order valence-corrected chi connectivity index (χ0v) is 11.5. The van der Waals surface area contributed by atoms with Gasteiger partial charge in [-0.05, 0) is 36.0 Å². The number of ether oxygens (including phenoxy) is 1. The average Bonchev–Trinajstić information content (AvgIpc) is 3.03. The van der Waals surface area contributed by atoms with Gasteiger partial charge in [-0.1, -0.05) is 18.2 Å². The van der Waals surface area contributed by atoms with Crippen molar-refractivity contribution in [3.63, 3.8) is 0 Å². The first-order valence-electron chi connectivity index (χ1n) is 6.28. The lowest BCUT2D eigenvalue weighted by atomic mass is 10.0. The largest absolute Gasteiger partial charge is 0.465 e. The molecular weight excluding hydrogens is 258 g/mol. The Labute approximate surface area is 116 Å². The monoisotopic (exact) mass is 273 g/mol. The van der Waals surface area contributed by atoms with Crippen molar-refractivity contribution in [3.8, 4) is 11.1 Å². The summed E-state index contributed by atoms with van der Waals surface area (Å²) in [6.45, 7) is 0. The van der Waals surface area contributed by atoms with Crippen LogP contribution in [0.3, 0.4) is 0 Å². The summed E-state index contributed by atoms with van der Waals surface area (Å²) in [5.41, 5.74) is 11.4. The van der Waals surface area contributed by atoms with Crippen LogP contribution in [0, 0.1) is 0 Å². The summed E-state index contributed by atoms with van der Waals surface area (Å²) >= 11 is 1.34. The number of anilines is 1. The minimum Gasteiger partial charge on any atom is -0.465 e. The third-order valence-electron chi connectivity index (χ3n) is 3.61. The van der Waals surface area contributed by atoms with Gasteiger partial charge in [0.1, 0.15) is 4.88 Å². The SMILES string of the molecule is COC(=O)c1scc(-c2ccc3c(c2)CCC3)c1N. The maximum absolute atomic E-state index is 11.6. The molecule has 0 bridgehead atoms. The highest BCUT2D eigenvalue weighted by Gasteiger charge is 2.18. The highest BCUT2D eigenvalue weighted by molar-refractivity contribution is 7.13. The fraction of sp³-hybridized carbons (Fsp3) is 0.267. The number of nitrogens with two attached hydrogens (primary N) is 1. The Morgan fingerprint density at radius 2 is 2.11 bits per heavy atom. The second-order valence-electron chi connectivity index (χ2n) is 4.72. The van der Waals surface area contributed by atoms with Gasteiger partial charge in [-0.3, -0.25) is 0 Å². The molecule has 1 aliphatic rings. The molecule has 4 heteroatoms. The molecule has 3 nitrogen and oxygen atoms in total. The molecule has 3 rings (SSSR count). The van der Waals surface area contributed by atoms with Crippen LogP contribution in [0.5, 0.6) is 0 Å². The van der Waals surface area contributed by atoms with Gasteiger partial charge in [-0.15, -0.1) is 11.3 Å². The Kier molecular flexibility index (Phi) is 3.03. The number of nitrogen functional groups attached to an aromatic ring is 1. The Morgan fingerprint density at radius 1 is 1.32 bits per heavy atom. The van der Waals surface area contributed by atoms with E-state index in [4.69, 9.17) is 10.5 Å². The van der Waals surface area contributed by atoms with Gasteiger partial charge in [-0.2, -0.15) is 0 Å². The van der Waals surface area contributed by atoms with Crippen LogP contribution < -0.4 is 5.73 Å². The van der Waals surface area contributed by atoms with E-state index in [9.17, 15) is 4.79 Å². The molecule has 0 radical (unpaired) electrons. The van der Waals surface area contributed by atoms with Gasteiger partial charge in [0.2, 0.25) is 0 Å². The van der Waals surface area contributed by atoms with Crippen molar-refractivity contribution in [2.24, 2.45) is 0 Å². The van der Waals surface area contributed by atoms with Crippen LogP contribution in [0.2, 0.25) is 0 Å². The summed E-state index contributed by atoms with van der Waals surface area (Å²) < 4.78 is 4.73. The van der Waals surface area contributed by atoms with E-state index in [1.807, 2.05) is 5.38 Å². The van der Waals surface area contributed by atoms with E-state index in [2.05, 4.69) is 18.2 Å². The molecule has 0 spiro atoms. The number of hydrogen-bond donors (Lipinski definition) is 1. The van der Waals surface area contributed by atoms with E-state index in [1.54, 1.807) is 0 Å². The molecular formula is C15H15NO2S. The molecule has 2 aromatic rings. The van der Waals surface area contributed by atoms with Gasteiger partial charge in [0.25, 0.3) is 0 Å². The highest BCUT2D eigenvalue weighted by Crippen LogP contribution is 2.36. The van der Waals surface area contributed by atoms with Crippen LogP contribution in [0.1, 0.15) is 27.2 Å². The minimum absolute atomic E-state index is 0.366. The van der Waals surface area contributed by atoms with Crippen molar-refractivity contribution in [1.29, 1.82) is 0 Å². The van der Waals surface area contributed by atoms with Gasteiger partial charge in [0, 0.05) is 10.9 Å². The third-order valence-corrected chi connectivity index (χ3v) is 4.59. The maximum Gasteiger partial charge on any atom is 0.350 e. The van der Waals surface area contributed by atoms with E-state index in [1.165, 1.54) is 42.4 Å². The van der Waals surface area contributed by atoms with Crippen LogP contribution in [-0.4, -0.2) is 13.1 Å². The minimum atomic E-state index is -0.366. The van der Waals surface area contributed by atoms with E-state index in [-0.39, 0.29) is 5.97 Å². The molecule has 0 amide bonds. The highest BCUT2D eigenvalue weighted by atomic mass is 32.1. The van der Waals surface area contributed by atoms with E-state index in [0.29, 0.717) is 10.6 Å². The first kappa shape index (κ1) is 12.2. The number of carbonyl (C=O) groups excluding carboxylic acids is 1. The first-order valence-corrected chi connectivity index (χ1v) is 7.16. The molecule has 0 saturated carbocycles. The van der Waals surface area contributed by atoms with Crippen molar-refractivity contribution >= 4 is 23.0 Å². The molecule has 0 unspecified atom stereocenters. The summed E-state index contributed by atoms with van der Waals surface area (Å²) in [7, 11) is 1.37. The van der Waals surface area contributed by atoms with Crippen molar-refractivity contribution in [2.75, 3.05) is 12.8 Å². The molecule has 0 atom stereocenters. The molecule has 0 fully saturated rings. The van der Waals surface area contributed by atoms with Gasteiger partial charge < -0.3 is 10.5 Å². The molecule has 0 aliphatic heterocycles. The van der Waals surface area contributed by atoms with Gasteiger partial charge >= 0.3 is 5.97 Å². The van der Waals surface area contributed by atoms with Gasteiger partial charge in [0.15, 0.2) is 0 Å². The van der Waals surface area contributed by atoms with Crippen molar-refractivity contribution in [3.05, 3.63) is 39.6 Å². The quantitative estimate of drug-likeness (QED) is 0.854. The van der Waals surface area contributed by atoms with E-state index < -0.39 is 0 Å². The van der Waals surface area contributed by atoms with Crippen LogP contribution in [0.25, 0.3) is 11.1 Å². The molecule has 0 saturated heterocycles. The number of esters is 1. The Morgan fingerprint density at radius 3 is 2.89 bits per heavy atom. The number of aryl methyl sites for hydroxylation is 2. The zero-order chi connectivity index (χ0) is 13.4. The second-order valence-corrected chi connectivity index (χ2v) is 5.60. The molecule has 1 aliphatic carbocycles. The molecule has 1 heterocycles. The number of benzene rings is 1. The van der Waals surface area contributed by atoms with Crippen molar-refractivity contribution < 1.29 is 9.53 Å². The Balaban J connectivity index is 2.03. The molecule has 19 heavy (non-hydrogen) atoms. The maximum atomic E-state index is 11.6. The normalized spacial score (nSPS) is 13.3. The fourth-order valence-corrected chi connectivity index (χ4v) is 3.50. The lowest BCUT2D eigenvalue weighted by Gasteiger charge is -2.05. The molecule has 1 aromatic heterocycles. The molecule has 98 valence electrons. The first-order chi connectivity index (χ1) is 9.20. The van der Waals surface area contributed by atoms with E-state index in [0.717, 1.165) is 17.5 Å². The number of carbonyl (C=O) groups is 1. The average molecular weight is 273 g/mol. The van der Waals surface area contributed by atoms with E-state index >= 15 is 0 Å². The lowest BCUT2D eigenvalue weighted by Crippen LogP contribution is -2.02. The summed E-state index contributed by atoms with van der Waals surface area (Å²) in [6.07, 6.45) is 3.53. The fourth-order valence-electron chi connectivity index (χ4n) is 2.58. The van der Waals surface area contributed by atoms with Crippen molar-refractivity contribution in [2.45, 2.75) is 19.3 Å². The standard InChI is InChI=1S/C15H15NO2S/c1-18-15(17)14-13(16)12(8-19-14)11-6-5-9-3-2-4-10(9)7-11/h5-8H,2-4,16H2,1H3. The number of fused-ring (bicyclic) bond motifs is 1.